The van der Waals surface area contributed by atoms with Crippen molar-refractivity contribution in [3.05, 3.63) is 0 Å². The summed E-state index contributed by atoms with van der Waals surface area (Å²) in [6.07, 6.45) is 2.15. The minimum atomic E-state index is 0.250. The molecule has 0 aliphatic carbocycles. The van der Waals surface area contributed by atoms with Crippen LogP contribution in [0.1, 0.15) is 26.2 Å². The van der Waals surface area contributed by atoms with Crippen molar-refractivity contribution in [3.63, 3.8) is 0 Å². The Bertz CT molecular complexity index is 249. The number of nitriles is 2. The van der Waals surface area contributed by atoms with E-state index in [9.17, 15) is 0 Å². The van der Waals surface area contributed by atoms with Gasteiger partial charge in [0.1, 0.15) is 0 Å². The predicted molar refractivity (Wildman–Crippen MR) is 64.7 cm³/mol. The molecule has 0 N–H and O–H groups in total. The highest BCUT2D eigenvalue weighted by Gasteiger charge is 2.12. The molecule has 0 amide bonds. The molecule has 90 valence electrons. The second kappa shape index (κ2) is 9.15. The molecule has 0 saturated heterocycles. The molecule has 0 spiro atoms. The first kappa shape index (κ1) is 14.9. The van der Waals surface area contributed by atoms with E-state index >= 15 is 0 Å². The van der Waals surface area contributed by atoms with Crippen LogP contribution in [-0.4, -0.2) is 49.6 Å². The minimum Gasteiger partial charge on any atom is -0.309 e. The smallest absolute Gasteiger partial charge is 0.0638 e. The van der Waals surface area contributed by atoms with Gasteiger partial charge in [-0.05, 0) is 40.5 Å². The summed E-state index contributed by atoms with van der Waals surface area (Å²) in [5.74, 6) is 0. The van der Waals surface area contributed by atoms with Crippen molar-refractivity contribution in [1.82, 2.24) is 9.80 Å². The van der Waals surface area contributed by atoms with Crippen molar-refractivity contribution in [2.24, 2.45) is 0 Å². The lowest BCUT2D eigenvalue weighted by Gasteiger charge is -2.27. The molecular formula is C12H22N4. The Hall–Kier alpha value is -1.10. The van der Waals surface area contributed by atoms with Crippen LogP contribution in [0, 0.1) is 22.7 Å². The minimum absolute atomic E-state index is 0.250. The maximum absolute atomic E-state index is 8.67. The number of nitrogens with zero attached hydrogens (tertiary/aromatic N) is 4. The lowest BCUT2D eigenvalue weighted by atomic mass is 10.2. The summed E-state index contributed by atoms with van der Waals surface area (Å²) in [7, 11) is 4.11. The molecule has 4 nitrogen and oxygen atoms in total. The molecule has 0 heterocycles. The van der Waals surface area contributed by atoms with Gasteiger partial charge in [0.15, 0.2) is 0 Å². The highest BCUT2D eigenvalue weighted by Crippen LogP contribution is 2.05. The standard InChI is InChI=1S/C12H22N4/c1-12(6-8-14)16(10-4-7-13)11-5-9-15(2)3/h12H,4-6,9-11H2,1-3H3. The van der Waals surface area contributed by atoms with Crippen molar-refractivity contribution < 1.29 is 0 Å². The molecule has 0 fully saturated rings. The second-order valence-corrected chi connectivity index (χ2v) is 4.31. The third-order valence-electron chi connectivity index (χ3n) is 2.57. The molecule has 4 heteroatoms. The topological polar surface area (TPSA) is 54.1 Å². The van der Waals surface area contributed by atoms with E-state index in [1.165, 1.54) is 0 Å². The number of hydrogen-bond donors (Lipinski definition) is 0. The molecule has 0 bridgehead atoms. The molecule has 0 aliphatic rings. The molecule has 0 aliphatic heterocycles. The van der Waals surface area contributed by atoms with Gasteiger partial charge < -0.3 is 4.90 Å². The molecule has 0 aromatic rings. The Labute approximate surface area is 99.1 Å². The van der Waals surface area contributed by atoms with E-state index in [1.807, 2.05) is 0 Å². The monoisotopic (exact) mass is 222 g/mol. The normalized spacial score (nSPS) is 12.4. The van der Waals surface area contributed by atoms with Crippen molar-refractivity contribution in [2.45, 2.75) is 32.2 Å². The number of rotatable bonds is 8. The average molecular weight is 222 g/mol. The van der Waals surface area contributed by atoms with E-state index < -0.39 is 0 Å². The predicted octanol–water partition coefficient (Wildman–Crippen LogP) is 1.46. The largest absolute Gasteiger partial charge is 0.309 e. The quantitative estimate of drug-likeness (QED) is 0.624. The molecule has 0 saturated carbocycles. The van der Waals surface area contributed by atoms with Gasteiger partial charge in [0.05, 0.1) is 18.6 Å². The van der Waals surface area contributed by atoms with E-state index in [0.717, 1.165) is 26.1 Å². The second-order valence-electron chi connectivity index (χ2n) is 4.31. The van der Waals surface area contributed by atoms with Crippen LogP contribution in [0.3, 0.4) is 0 Å². The highest BCUT2D eigenvalue weighted by molar-refractivity contribution is 4.82. The van der Waals surface area contributed by atoms with Crippen LogP contribution in [0.15, 0.2) is 0 Å². The Morgan fingerprint density at radius 2 is 1.75 bits per heavy atom. The lowest BCUT2D eigenvalue weighted by molar-refractivity contribution is 0.204. The zero-order valence-electron chi connectivity index (χ0n) is 10.6. The van der Waals surface area contributed by atoms with Gasteiger partial charge in [-0.1, -0.05) is 0 Å². The highest BCUT2D eigenvalue weighted by atomic mass is 15.2. The third-order valence-corrected chi connectivity index (χ3v) is 2.57. The molecule has 0 aromatic carbocycles. The first-order chi connectivity index (χ1) is 7.61. The van der Waals surface area contributed by atoms with E-state index in [0.29, 0.717) is 12.8 Å². The molecule has 0 rings (SSSR count). The Morgan fingerprint density at radius 3 is 2.25 bits per heavy atom. The molecule has 0 aromatic heterocycles. The van der Waals surface area contributed by atoms with Gasteiger partial charge in [0.25, 0.3) is 0 Å². The van der Waals surface area contributed by atoms with Crippen LogP contribution >= 0.6 is 0 Å². The van der Waals surface area contributed by atoms with Crippen molar-refractivity contribution in [1.29, 1.82) is 10.5 Å². The van der Waals surface area contributed by atoms with E-state index in [4.69, 9.17) is 10.5 Å². The fourth-order valence-electron chi connectivity index (χ4n) is 1.60. The van der Waals surface area contributed by atoms with E-state index in [1.54, 1.807) is 0 Å². The summed E-state index contributed by atoms with van der Waals surface area (Å²) < 4.78 is 0. The van der Waals surface area contributed by atoms with Crippen molar-refractivity contribution in [2.75, 3.05) is 33.7 Å². The molecule has 1 atom stereocenters. The number of hydrogen-bond acceptors (Lipinski definition) is 4. The first-order valence-electron chi connectivity index (χ1n) is 5.74. The van der Waals surface area contributed by atoms with E-state index in [2.05, 4.69) is 43.0 Å². The Kier molecular flexibility index (Phi) is 8.52. The van der Waals surface area contributed by atoms with Crippen molar-refractivity contribution >= 4 is 0 Å². The summed E-state index contributed by atoms with van der Waals surface area (Å²) in [4.78, 5) is 4.38. The van der Waals surface area contributed by atoms with Crippen LogP contribution in [0.2, 0.25) is 0 Å². The van der Waals surface area contributed by atoms with E-state index in [-0.39, 0.29) is 6.04 Å². The van der Waals surface area contributed by atoms with Gasteiger partial charge >= 0.3 is 0 Å². The van der Waals surface area contributed by atoms with Gasteiger partial charge in [0.2, 0.25) is 0 Å². The summed E-state index contributed by atoms with van der Waals surface area (Å²) in [6.45, 7) is 4.83. The zero-order chi connectivity index (χ0) is 12.4. The summed E-state index contributed by atoms with van der Waals surface area (Å²) in [5.41, 5.74) is 0. The Balaban J connectivity index is 4.00. The first-order valence-corrected chi connectivity index (χ1v) is 5.74. The van der Waals surface area contributed by atoms with Gasteiger partial charge in [-0.15, -0.1) is 0 Å². The Morgan fingerprint density at radius 1 is 1.06 bits per heavy atom. The lowest BCUT2D eigenvalue weighted by Crippen LogP contribution is -2.35. The third kappa shape index (κ3) is 7.23. The fourth-order valence-corrected chi connectivity index (χ4v) is 1.60. The molecule has 16 heavy (non-hydrogen) atoms. The van der Waals surface area contributed by atoms with Gasteiger partial charge in [-0.2, -0.15) is 10.5 Å². The summed E-state index contributed by atoms with van der Waals surface area (Å²) in [5, 5.41) is 17.3. The SMILES string of the molecule is CC(CC#N)N(CCC#N)CCCN(C)C. The van der Waals surface area contributed by atoms with Crippen LogP contribution in [-0.2, 0) is 0 Å². The average Bonchev–Trinajstić information content (AvgIpc) is 2.22. The van der Waals surface area contributed by atoms with Gasteiger partial charge in [0, 0.05) is 19.0 Å². The maximum atomic E-state index is 8.67. The van der Waals surface area contributed by atoms with Gasteiger partial charge in [-0.25, -0.2) is 0 Å². The van der Waals surface area contributed by atoms with Gasteiger partial charge in [-0.3, -0.25) is 4.90 Å². The van der Waals surface area contributed by atoms with Crippen LogP contribution in [0.25, 0.3) is 0 Å². The molecule has 0 radical (unpaired) electrons. The summed E-state index contributed by atoms with van der Waals surface area (Å²) >= 11 is 0. The van der Waals surface area contributed by atoms with Crippen LogP contribution < -0.4 is 0 Å². The summed E-state index contributed by atoms with van der Waals surface area (Å²) in [6, 6.07) is 4.60. The van der Waals surface area contributed by atoms with Crippen LogP contribution in [0.5, 0.6) is 0 Å². The molecular weight excluding hydrogens is 200 g/mol. The maximum Gasteiger partial charge on any atom is 0.0638 e. The van der Waals surface area contributed by atoms with Crippen LogP contribution in [0.4, 0.5) is 0 Å². The fraction of sp³-hybridized carbons (Fsp3) is 0.833. The molecule has 1 unspecified atom stereocenters. The van der Waals surface area contributed by atoms with Crippen molar-refractivity contribution in [3.8, 4) is 12.1 Å². The zero-order valence-corrected chi connectivity index (χ0v) is 10.6.